The molecule has 2 heteroatoms. The molecule has 0 spiro atoms. The van der Waals surface area contributed by atoms with Crippen LogP contribution in [0.3, 0.4) is 0 Å². The molecule has 1 aromatic heterocycles. The number of pyridine rings is 1. The maximum Gasteiger partial charge on any atom is 0.0865 e. The van der Waals surface area contributed by atoms with Gasteiger partial charge >= 0.3 is 0 Å². The second-order valence-electron chi connectivity index (χ2n) is 2.42. The molecule has 0 saturated heterocycles. The van der Waals surface area contributed by atoms with Crippen LogP contribution in [0.5, 0.6) is 0 Å². The molecule has 1 aliphatic rings. The summed E-state index contributed by atoms with van der Waals surface area (Å²) >= 11 is 0. The summed E-state index contributed by atoms with van der Waals surface area (Å²) in [6.07, 6.45) is 5.64. The SMILES string of the molecule is C=C1C=Cc2ncccc2N1. The fraction of sp³-hybridized carbons (Fsp3) is 0. The first kappa shape index (κ1) is 6.16. The minimum atomic E-state index is 0.908. The minimum absolute atomic E-state index is 0.908. The number of nitrogens with zero attached hydrogens (tertiary/aromatic N) is 1. The van der Waals surface area contributed by atoms with Gasteiger partial charge in [-0.2, -0.15) is 0 Å². The Labute approximate surface area is 65.3 Å². The lowest BCUT2D eigenvalue weighted by Gasteiger charge is -2.12. The molecule has 11 heavy (non-hydrogen) atoms. The van der Waals surface area contributed by atoms with Gasteiger partial charge in [-0.05, 0) is 24.3 Å². The third-order valence-corrected chi connectivity index (χ3v) is 1.58. The van der Waals surface area contributed by atoms with E-state index in [2.05, 4.69) is 16.9 Å². The van der Waals surface area contributed by atoms with Gasteiger partial charge in [0.15, 0.2) is 0 Å². The Morgan fingerprint density at radius 3 is 3.18 bits per heavy atom. The molecule has 0 aliphatic carbocycles. The van der Waals surface area contributed by atoms with Crippen LogP contribution in [0.1, 0.15) is 5.69 Å². The third kappa shape index (κ3) is 1.03. The van der Waals surface area contributed by atoms with E-state index in [4.69, 9.17) is 0 Å². The van der Waals surface area contributed by atoms with Crippen molar-refractivity contribution in [2.75, 3.05) is 5.32 Å². The molecule has 1 N–H and O–H groups in total. The molecular weight excluding hydrogens is 136 g/mol. The van der Waals surface area contributed by atoms with Crippen LogP contribution >= 0.6 is 0 Å². The number of hydrogen-bond donors (Lipinski definition) is 1. The summed E-state index contributed by atoms with van der Waals surface area (Å²) in [5, 5.41) is 3.12. The summed E-state index contributed by atoms with van der Waals surface area (Å²) in [6.45, 7) is 3.79. The maximum atomic E-state index is 4.16. The molecule has 0 saturated carbocycles. The normalized spacial score (nSPS) is 14.0. The van der Waals surface area contributed by atoms with Crippen molar-refractivity contribution in [2.45, 2.75) is 0 Å². The molecule has 2 heterocycles. The smallest absolute Gasteiger partial charge is 0.0865 e. The fourth-order valence-corrected chi connectivity index (χ4v) is 1.05. The largest absolute Gasteiger partial charge is 0.354 e. The first-order valence-corrected chi connectivity index (χ1v) is 3.45. The van der Waals surface area contributed by atoms with Gasteiger partial charge < -0.3 is 5.32 Å². The van der Waals surface area contributed by atoms with Crippen LogP contribution in [0, 0.1) is 0 Å². The summed E-state index contributed by atoms with van der Waals surface area (Å²) in [5.41, 5.74) is 2.91. The van der Waals surface area contributed by atoms with Crippen LogP contribution in [0.15, 0.2) is 36.7 Å². The lowest BCUT2D eigenvalue weighted by molar-refractivity contribution is 1.27. The molecule has 0 aromatic carbocycles. The zero-order valence-corrected chi connectivity index (χ0v) is 6.04. The van der Waals surface area contributed by atoms with Crippen LogP contribution in [0.25, 0.3) is 6.08 Å². The van der Waals surface area contributed by atoms with Gasteiger partial charge in [0.25, 0.3) is 0 Å². The first-order chi connectivity index (χ1) is 5.36. The summed E-state index contributed by atoms with van der Waals surface area (Å²) in [6, 6.07) is 3.88. The van der Waals surface area contributed by atoms with E-state index in [9.17, 15) is 0 Å². The Morgan fingerprint density at radius 2 is 2.27 bits per heavy atom. The molecule has 2 nitrogen and oxygen atoms in total. The quantitative estimate of drug-likeness (QED) is 0.602. The predicted molar refractivity (Wildman–Crippen MR) is 46.0 cm³/mol. The van der Waals surface area contributed by atoms with E-state index in [0.29, 0.717) is 0 Å². The van der Waals surface area contributed by atoms with E-state index in [0.717, 1.165) is 17.1 Å². The maximum absolute atomic E-state index is 4.16. The number of aromatic nitrogens is 1. The molecule has 0 atom stereocenters. The standard InChI is InChI=1S/C9H8N2/c1-7-4-5-8-9(11-7)3-2-6-10-8/h2-6,11H,1H2. The zero-order chi connectivity index (χ0) is 7.68. The van der Waals surface area contributed by atoms with Crippen LogP contribution in [-0.2, 0) is 0 Å². The Hall–Kier alpha value is -1.57. The van der Waals surface area contributed by atoms with E-state index in [1.807, 2.05) is 24.3 Å². The van der Waals surface area contributed by atoms with Crippen molar-refractivity contribution in [3.8, 4) is 0 Å². The number of hydrogen-bond acceptors (Lipinski definition) is 2. The molecule has 1 aromatic rings. The molecule has 2 rings (SSSR count). The van der Waals surface area contributed by atoms with Crippen molar-refractivity contribution in [1.82, 2.24) is 4.98 Å². The van der Waals surface area contributed by atoms with Crippen molar-refractivity contribution >= 4 is 11.8 Å². The van der Waals surface area contributed by atoms with Gasteiger partial charge in [0.05, 0.1) is 11.4 Å². The lowest BCUT2D eigenvalue weighted by atomic mass is 10.2. The summed E-state index contributed by atoms with van der Waals surface area (Å²) in [5.74, 6) is 0. The molecule has 0 bridgehead atoms. The Bertz CT molecular complexity index is 326. The Kier molecular flexibility index (Phi) is 1.25. The topological polar surface area (TPSA) is 24.9 Å². The van der Waals surface area contributed by atoms with Crippen molar-refractivity contribution in [1.29, 1.82) is 0 Å². The van der Waals surface area contributed by atoms with Crippen molar-refractivity contribution < 1.29 is 0 Å². The van der Waals surface area contributed by atoms with E-state index >= 15 is 0 Å². The minimum Gasteiger partial charge on any atom is -0.354 e. The highest BCUT2D eigenvalue weighted by Crippen LogP contribution is 2.20. The highest BCUT2D eigenvalue weighted by atomic mass is 14.9. The fourth-order valence-electron chi connectivity index (χ4n) is 1.05. The Morgan fingerprint density at radius 1 is 1.36 bits per heavy atom. The van der Waals surface area contributed by atoms with Crippen LogP contribution < -0.4 is 5.32 Å². The van der Waals surface area contributed by atoms with Gasteiger partial charge in [-0.15, -0.1) is 0 Å². The first-order valence-electron chi connectivity index (χ1n) is 3.45. The Balaban J connectivity index is 2.54. The molecule has 0 fully saturated rings. The van der Waals surface area contributed by atoms with Crippen molar-refractivity contribution in [3.05, 3.63) is 42.4 Å². The molecule has 54 valence electrons. The van der Waals surface area contributed by atoms with Crippen LogP contribution in [0.2, 0.25) is 0 Å². The monoisotopic (exact) mass is 144 g/mol. The average Bonchev–Trinajstić information content (AvgIpc) is 2.04. The van der Waals surface area contributed by atoms with E-state index in [1.165, 1.54) is 0 Å². The van der Waals surface area contributed by atoms with Gasteiger partial charge in [0, 0.05) is 11.9 Å². The molecule has 0 unspecified atom stereocenters. The van der Waals surface area contributed by atoms with Gasteiger partial charge in [0.1, 0.15) is 0 Å². The number of fused-ring (bicyclic) bond motifs is 1. The molecular formula is C9H8N2. The molecule has 0 amide bonds. The van der Waals surface area contributed by atoms with E-state index in [-0.39, 0.29) is 0 Å². The predicted octanol–water partition coefficient (Wildman–Crippen LogP) is 2.03. The molecule has 0 radical (unpaired) electrons. The second-order valence-corrected chi connectivity index (χ2v) is 2.42. The second kappa shape index (κ2) is 2.23. The van der Waals surface area contributed by atoms with Crippen molar-refractivity contribution in [2.24, 2.45) is 0 Å². The summed E-state index contributed by atoms with van der Waals surface area (Å²) in [4.78, 5) is 4.16. The highest BCUT2D eigenvalue weighted by Gasteiger charge is 2.03. The van der Waals surface area contributed by atoms with Gasteiger partial charge in [-0.25, -0.2) is 0 Å². The van der Waals surface area contributed by atoms with E-state index < -0.39 is 0 Å². The van der Waals surface area contributed by atoms with E-state index in [1.54, 1.807) is 6.20 Å². The van der Waals surface area contributed by atoms with Gasteiger partial charge in [0.2, 0.25) is 0 Å². The summed E-state index contributed by atoms with van der Waals surface area (Å²) < 4.78 is 0. The number of anilines is 1. The number of nitrogens with one attached hydrogen (secondary N) is 1. The average molecular weight is 144 g/mol. The summed E-state index contributed by atoms with van der Waals surface area (Å²) in [7, 11) is 0. The number of rotatable bonds is 0. The van der Waals surface area contributed by atoms with Gasteiger partial charge in [-0.3, -0.25) is 4.98 Å². The third-order valence-electron chi connectivity index (χ3n) is 1.58. The zero-order valence-electron chi connectivity index (χ0n) is 6.04. The highest BCUT2D eigenvalue weighted by molar-refractivity contribution is 5.71. The van der Waals surface area contributed by atoms with Gasteiger partial charge in [-0.1, -0.05) is 6.58 Å². The van der Waals surface area contributed by atoms with Crippen molar-refractivity contribution in [3.63, 3.8) is 0 Å². The van der Waals surface area contributed by atoms with Crippen LogP contribution in [0.4, 0.5) is 5.69 Å². The number of allylic oxidation sites excluding steroid dienone is 1. The lowest BCUT2D eigenvalue weighted by Crippen LogP contribution is -2.02. The molecule has 1 aliphatic heterocycles. The van der Waals surface area contributed by atoms with Crippen LogP contribution in [-0.4, -0.2) is 4.98 Å².